The lowest BCUT2D eigenvalue weighted by molar-refractivity contribution is 0.0686. The summed E-state index contributed by atoms with van der Waals surface area (Å²) in [6.45, 7) is 4.08. The molecular weight excluding hydrogens is 394 g/mol. The Labute approximate surface area is 179 Å². The van der Waals surface area contributed by atoms with Crippen LogP contribution in [0.3, 0.4) is 0 Å². The Morgan fingerprint density at radius 2 is 1.39 bits per heavy atom. The Balaban J connectivity index is 0.000000254. The quantitative estimate of drug-likeness (QED) is 0.443. The number of hydrogen-bond donors (Lipinski definition) is 2. The summed E-state index contributed by atoms with van der Waals surface area (Å²) >= 11 is 0. The minimum Gasteiger partial charge on any atom is -0.478 e. The van der Waals surface area contributed by atoms with Gasteiger partial charge in [-0.1, -0.05) is 30.3 Å². The predicted octanol–water partition coefficient (Wildman–Crippen LogP) is 5.70. The summed E-state index contributed by atoms with van der Waals surface area (Å²) in [4.78, 5) is 25.4. The van der Waals surface area contributed by atoms with Crippen molar-refractivity contribution in [3.05, 3.63) is 100 Å². The van der Waals surface area contributed by atoms with Gasteiger partial charge in [-0.3, -0.25) is 0 Å². The van der Waals surface area contributed by atoms with Crippen molar-refractivity contribution in [1.29, 1.82) is 0 Å². The van der Waals surface area contributed by atoms with E-state index in [-0.39, 0.29) is 5.56 Å². The van der Waals surface area contributed by atoms with Gasteiger partial charge in [-0.05, 0) is 73.0 Å². The number of carboxylic acids is 2. The van der Waals surface area contributed by atoms with Gasteiger partial charge in [0.25, 0.3) is 0 Å². The summed E-state index contributed by atoms with van der Waals surface area (Å²) in [6.07, 6.45) is 3.62. The number of aromatic nitrogens is 1. The molecule has 0 saturated carbocycles. The van der Waals surface area contributed by atoms with Crippen LogP contribution < -0.4 is 0 Å². The number of benzene rings is 3. The Bertz CT molecular complexity index is 1200. The fraction of sp³-hybridized carbons (Fsp3) is 0.0800. The smallest absolute Gasteiger partial charge is 0.335 e. The summed E-state index contributed by atoms with van der Waals surface area (Å²) < 4.78 is 5.70. The lowest BCUT2D eigenvalue weighted by Crippen LogP contribution is -1.94. The number of carbonyl (C=O) groups is 2. The number of fused-ring (bicyclic) bond motifs is 1. The molecule has 0 spiro atoms. The van der Waals surface area contributed by atoms with Crippen LogP contribution in [-0.2, 0) is 0 Å². The zero-order valence-electron chi connectivity index (χ0n) is 17.1. The number of aromatic carboxylic acids is 2. The van der Waals surface area contributed by atoms with E-state index in [9.17, 15) is 9.59 Å². The van der Waals surface area contributed by atoms with E-state index >= 15 is 0 Å². The van der Waals surface area contributed by atoms with Crippen molar-refractivity contribution in [2.24, 2.45) is 0 Å². The lowest BCUT2D eigenvalue weighted by Gasteiger charge is -1.96. The molecule has 0 fully saturated rings. The average molecular weight is 415 g/mol. The van der Waals surface area contributed by atoms with Gasteiger partial charge >= 0.3 is 11.9 Å². The van der Waals surface area contributed by atoms with Crippen molar-refractivity contribution in [2.75, 3.05) is 0 Å². The molecule has 0 saturated heterocycles. The second kappa shape index (κ2) is 9.54. The molecule has 156 valence electrons. The first kappa shape index (κ1) is 21.5. The molecule has 0 aliphatic heterocycles. The maximum atomic E-state index is 10.8. The van der Waals surface area contributed by atoms with Crippen LogP contribution >= 0.6 is 0 Å². The number of oxazole rings is 1. The molecule has 0 unspecified atom stereocenters. The summed E-state index contributed by atoms with van der Waals surface area (Å²) in [6, 6.07) is 18.9. The Morgan fingerprint density at radius 3 is 1.97 bits per heavy atom. The average Bonchev–Trinajstić information content (AvgIpc) is 3.15. The predicted molar refractivity (Wildman–Crippen MR) is 119 cm³/mol. The first-order chi connectivity index (χ1) is 14.8. The van der Waals surface area contributed by atoms with E-state index < -0.39 is 11.9 Å². The molecule has 6 heteroatoms. The van der Waals surface area contributed by atoms with Crippen molar-refractivity contribution < 1.29 is 24.2 Å². The van der Waals surface area contributed by atoms with Crippen LogP contribution in [0.25, 0.3) is 23.3 Å². The van der Waals surface area contributed by atoms with Crippen molar-refractivity contribution in [1.82, 2.24) is 4.98 Å². The molecule has 2 N–H and O–H groups in total. The monoisotopic (exact) mass is 415 g/mol. The Morgan fingerprint density at radius 1 is 0.806 bits per heavy atom. The van der Waals surface area contributed by atoms with E-state index in [1.165, 1.54) is 11.1 Å². The molecule has 0 aliphatic rings. The summed E-state index contributed by atoms with van der Waals surface area (Å²) in [7, 11) is 0. The number of carboxylic acid groups (broad SMARTS) is 2. The summed E-state index contributed by atoms with van der Waals surface area (Å²) in [5, 5.41) is 17.3. The first-order valence-corrected chi connectivity index (χ1v) is 9.51. The number of rotatable bonds is 4. The lowest BCUT2D eigenvalue weighted by atomic mass is 10.1. The van der Waals surface area contributed by atoms with E-state index in [0.717, 1.165) is 16.7 Å². The Hall–Kier alpha value is -4.19. The van der Waals surface area contributed by atoms with E-state index in [2.05, 4.69) is 4.98 Å². The zero-order chi connectivity index (χ0) is 22.4. The van der Waals surface area contributed by atoms with Crippen LogP contribution in [-0.4, -0.2) is 27.1 Å². The molecule has 0 atom stereocenters. The maximum Gasteiger partial charge on any atom is 0.335 e. The van der Waals surface area contributed by atoms with Crippen LogP contribution in [0, 0.1) is 13.8 Å². The van der Waals surface area contributed by atoms with Gasteiger partial charge in [0.2, 0.25) is 5.89 Å². The highest BCUT2D eigenvalue weighted by Gasteiger charge is 2.05. The van der Waals surface area contributed by atoms with E-state index in [1.807, 2.05) is 32.1 Å². The topological polar surface area (TPSA) is 101 Å². The van der Waals surface area contributed by atoms with E-state index in [0.29, 0.717) is 11.5 Å². The molecule has 1 heterocycles. The van der Waals surface area contributed by atoms with E-state index in [1.54, 1.807) is 60.7 Å². The van der Waals surface area contributed by atoms with Gasteiger partial charge in [0.15, 0.2) is 5.58 Å². The molecule has 0 amide bonds. The van der Waals surface area contributed by atoms with Gasteiger partial charge < -0.3 is 14.6 Å². The molecule has 0 aliphatic carbocycles. The molecule has 3 aromatic carbocycles. The van der Waals surface area contributed by atoms with Gasteiger partial charge in [0.1, 0.15) is 5.52 Å². The van der Waals surface area contributed by atoms with Crippen LogP contribution in [0.5, 0.6) is 0 Å². The van der Waals surface area contributed by atoms with Gasteiger partial charge in [-0.15, -0.1) is 0 Å². The molecule has 4 rings (SSSR count). The Kier molecular flexibility index (Phi) is 6.62. The van der Waals surface area contributed by atoms with Crippen LogP contribution in [0.15, 0.2) is 71.1 Å². The highest BCUT2D eigenvalue weighted by molar-refractivity contribution is 5.88. The standard InChI is InChI=1S/C18H15NO3.C7H6O2/c1-11-9-15-16(10-12(11)2)22-17(19-15)8-5-13-3-6-14(7-4-13)18(20)21;8-7(9)6-4-2-1-3-5-6/h3-10H,1-2H3,(H,20,21);1-5H,(H,8,9). The third-order valence-corrected chi connectivity index (χ3v) is 4.62. The van der Waals surface area contributed by atoms with Crippen molar-refractivity contribution in [3.8, 4) is 0 Å². The SMILES string of the molecule is Cc1cc2nc(C=Cc3ccc(C(=O)O)cc3)oc2cc1C.O=C(O)c1ccccc1. The molecule has 4 aromatic rings. The van der Waals surface area contributed by atoms with Gasteiger partial charge in [-0.25, -0.2) is 14.6 Å². The normalized spacial score (nSPS) is 10.6. The van der Waals surface area contributed by atoms with Crippen molar-refractivity contribution >= 4 is 35.2 Å². The minimum atomic E-state index is -0.930. The second-order valence-corrected chi connectivity index (χ2v) is 6.89. The summed E-state index contributed by atoms with van der Waals surface area (Å²) in [5.74, 6) is -1.28. The highest BCUT2D eigenvalue weighted by atomic mass is 16.4. The fourth-order valence-corrected chi connectivity index (χ4v) is 2.75. The summed E-state index contributed by atoms with van der Waals surface area (Å²) in [5.41, 5.74) is 5.44. The molecular formula is C25H21NO5. The highest BCUT2D eigenvalue weighted by Crippen LogP contribution is 2.21. The molecule has 0 bridgehead atoms. The largest absolute Gasteiger partial charge is 0.478 e. The van der Waals surface area contributed by atoms with Crippen LogP contribution in [0.1, 0.15) is 43.3 Å². The van der Waals surface area contributed by atoms with E-state index in [4.69, 9.17) is 14.6 Å². The number of hydrogen-bond acceptors (Lipinski definition) is 4. The fourth-order valence-electron chi connectivity index (χ4n) is 2.75. The molecule has 1 aromatic heterocycles. The number of aryl methyl sites for hydroxylation is 2. The van der Waals surface area contributed by atoms with Crippen LogP contribution in [0.2, 0.25) is 0 Å². The van der Waals surface area contributed by atoms with Gasteiger partial charge in [-0.2, -0.15) is 0 Å². The van der Waals surface area contributed by atoms with Crippen LogP contribution in [0.4, 0.5) is 0 Å². The molecule has 31 heavy (non-hydrogen) atoms. The second-order valence-electron chi connectivity index (χ2n) is 6.89. The van der Waals surface area contributed by atoms with Gasteiger partial charge in [0.05, 0.1) is 11.1 Å². The molecule has 0 radical (unpaired) electrons. The van der Waals surface area contributed by atoms with Gasteiger partial charge in [0, 0.05) is 6.08 Å². The third-order valence-electron chi connectivity index (χ3n) is 4.62. The van der Waals surface area contributed by atoms with Crippen molar-refractivity contribution in [2.45, 2.75) is 13.8 Å². The van der Waals surface area contributed by atoms with Crippen molar-refractivity contribution in [3.63, 3.8) is 0 Å². The molecule has 6 nitrogen and oxygen atoms in total. The maximum absolute atomic E-state index is 10.8. The number of nitrogens with zero attached hydrogens (tertiary/aromatic N) is 1. The minimum absolute atomic E-state index is 0.268. The third kappa shape index (κ3) is 5.67. The zero-order valence-corrected chi connectivity index (χ0v) is 17.1. The first-order valence-electron chi connectivity index (χ1n) is 9.51.